The molecular formula is C30H38FN5O3S. The van der Waals surface area contributed by atoms with E-state index in [1.807, 2.05) is 55.8 Å². The lowest BCUT2D eigenvalue weighted by Gasteiger charge is -2.26. The molecule has 0 radical (unpaired) electrons. The number of nitrogens with zero attached hydrogens (tertiary/aromatic N) is 3. The van der Waals surface area contributed by atoms with Crippen LogP contribution in [0.25, 0.3) is 0 Å². The van der Waals surface area contributed by atoms with Crippen molar-refractivity contribution in [1.82, 2.24) is 19.6 Å². The van der Waals surface area contributed by atoms with Gasteiger partial charge in [-0.15, -0.1) is 0 Å². The molecule has 2 aromatic heterocycles. The van der Waals surface area contributed by atoms with Crippen molar-refractivity contribution < 1.29 is 17.6 Å². The number of pyridine rings is 2. The highest BCUT2D eigenvalue weighted by Crippen LogP contribution is 2.37. The Labute approximate surface area is 236 Å². The summed E-state index contributed by atoms with van der Waals surface area (Å²) in [6.07, 6.45) is 1.88. The number of likely N-dealkylation sites (tertiary alicyclic amines) is 1. The number of hydrogen-bond acceptors (Lipinski definition) is 7. The van der Waals surface area contributed by atoms with Crippen molar-refractivity contribution >= 4 is 21.7 Å². The second kappa shape index (κ2) is 11.2. The molecule has 0 aliphatic carbocycles. The van der Waals surface area contributed by atoms with E-state index in [1.165, 1.54) is 18.2 Å². The topological polar surface area (TPSA) is 104 Å². The molecule has 1 unspecified atom stereocenters. The number of halogens is 1. The van der Waals surface area contributed by atoms with Crippen LogP contribution in [-0.2, 0) is 15.4 Å². The van der Waals surface area contributed by atoms with Gasteiger partial charge >= 0.3 is 0 Å². The zero-order valence-electron chi connectivity index (χ0n) is 23.9. The van der Waals surface area contributed by atoms with Gasteiger partial charge in [-0.1, -0.05) is 57.2 Å². The van der Waals surface area contributed by atoms with Crippen LogP contribution in [0.15, 0.2) is 65.7 Å². The molecule has 1 aliphatic rings. The molecule has 3 heterocycles. The minimum Gasteiger partial charge on any atom is -0.363 e. The van der Waals surface area contributed by atoms with Crippen LogP contribution in [0.1, 0.15) is 75.1 Å². The Bertz CT molecular complexity index is 1470. The fourth-order valence-corrected chi connectivity index (χ4v) is 6.03. The Morgan fingerprint density at radius 2 is 1.77 bits per heavy atom. The van der Waals surface area contributed by atoms with Crippen LogP contribution >= 0.6 is 0 Å². The quantitative estimate of drug-likeness (QED) is 0.356. The van der Waals surface area contributed by atoms with Gasteiger partial charge in [0.1, 0.15) is 5.82 Å². The van der Waals surface area contributed by atoms with E-state index in [0.29, 0.717) is 17.4 Å². The van der Waals surface area contributed by atoms with Gasteiger partial charge in [-0.25, -0.2) is 14.7 Å². The van der Waals surface area contributed by atoms with E-state index in [-0.39, 0.29) is 16.6 Å². The molecule has 40 heavy (non-hydrogen) atoms. The molecule has 1 aliphatic heterocycles. The number of nitrogens with one attached hydrogen (secondary N) is 2. The van der Waals surface area contributed by atoms with Crippen LogP contribution in [0, 0.1) is 11.9 Å². The largest absolute Gasteiger partial charge is 0.363 e. The van der Waals surface area contributed by atoms with Crippen molar-refractivity contribution in [2.45, 2.75) is 69.5 Å². The van der Waals surface area contributed by atoms with E-state index < -0.39 is 32.9 Å². The minimum atomic E-state index is -4.38. The highest BCUT2D eigenvalue weighted by atomic mass is 32.2. The Hall–Kier alpha value is -3.37. The number of sulfonamides is 1. The van der Waals surface area contributed by atoms with Gasteiger partial charge in [0.2, 0.25) is 5.95 Å². The number of benzene rings is 1. The summed E-state index contributed by atoms with van der Waals surface area (Å²) in [6, 6.07) is 17.2. The minimum absolute atomic E-state index is 0.102. The van der Waals surface area contributed by atoms with Crippen LogP contribution < -0.4 is 10.0 Å². The van der Waals surface area contributed by atoms with Gasteiger partial charge in [0.25, 0.3) is 15.9 Å². The van der Waals surface area contributed by atoms with Gasteiger partial charge in [-0.2, -0.15) is 12.8 Å². The van der Waals surface area contributed by atoms with Gasteiger partial charge in [-0.05, 0) is 69.5 Å². The van der Waals surface area contributed by atoms with Crippen LogP contribution in [-0.4, -0.2) is 48.3 Å². The zero-order chi connectivity index (χ0) is 29.3. The maximum Gasteiger partial charge on any atom is 0.281 e. The predicted molar refractivity (Wildman–Crippen MR) is 154 cm³/mol. The molecule has 1 fully saturated rings. The Morgan fingerprint density at radius 3 is 2.38 bits per heavy atom. The number of aromatic nitrogens is 2. The molecule has 0 spiro atoms. The van der Waals surface area contributed by atoms with E-state index in [4.69, 9.17) is 0 Å². The summed E-state index contributed by atoms with van der Waals surface area (Å²) < 4.78 is 42.7. The number of carbonyl (C=O) groups excluding carboxylic acids is 1. The number of anilines is 1. The molecule has 2 atom stereocenters. The molecule has 214 valence electrons. The summed E-state index contributed by atoms with van der Waals surface area (Å²) in [5, 5.41) is 3.07. The second-order valence-corrected chi connectivity index (χ2v) is 13.8. The number of hydrogen-bond donors (Lipinski definition) is 2. The SMILES string of the molecule is CN1C[C@@H](CC(Nc2cccc(S(=O)(=O)NC(=O)c3ccc(C(C)(C)C)nc3F)n2)c2ccccc2)CC1(C)C. The highest BCUT2D eigenvalue weighted by molar-refractivity contribution is 7.90. The fourth-order valence-electron chi connectivity index (χ4n) is 5.09. The van der Waals surface area contributed by atoms with Crippen LogP contribution in [0.4, 0.5) is 10.2 Å². The number of carbonyl (C=O) groups is 1. The summed E-state index contributed by atoms with van der Waals surface area (Å²) >= 11 is 0. The Balaban J connectivity index is 1.53. The lowest BCUT2D eigenvalue weighted by molar-refractivity contribution is 0.0976. The first kappa shape index (κ1) is 29.6. The molecule has 2 N–H and O–H groups in total. The lowest BCUT2D eigenvalue weighted by Crippen LogP contribution is -2.34. The van der Waals surface area contributed by atoms with Crippen LogP contribution in [0.5, 0.6) is 0 Å². The van der Waals surface area contributed by atoms with Crippen molar-refractivity contribution in [3.05, 3.63) is 83.4 Å². The lowest BCUT2D eigenvalue weighted by atomic mass is 9.89. The van der Waals surface area contributed by atoms with E-state index >= 15 is 0 Å². The monoisotopic (exact) mass is 567 g/mol. The molecule has 1 saturated heterocycles. The molecule has 1 amide bonds. The summed E-state index contributed by atoms with van der Waals surface area (Å²) in [5.74, 6) is -1.34. The summed E-state index contributed by atoms with van der Waals surface area (Å²) in [6.45, 7) is 11.0. The second-order valence-electron chi connectivity index (χ2n) is 12.2. The molecule has 4 rings (SSSR count). The number of amides is 1. The maximum atomic E-state index is 14.6. The van der Waals surface area contributed by atoms with E-state index in [2.05, 4.69) is 41.1 Å². The Morgan fingerprint density at radius 1 is 1.07 bits per heavy atom. The molecule has 0 bridgehead atoms. The molecule has 3 aromatic rings. The van der Waals surface area contributed by atoms with Crippen molar-refractivity contribution in [3.8, 4) is 0 Å². The van der Waals surface area contributed by atoms with E-state index in [0.717, 1.165) is 24.9 Å². The summed E-state index contributed by atoms with van der Waals surface area (Å²) in [4.78, 5) is 23.2. The summed E-state index contributed by atoms with van der Waals surface area (Å²) in [5.41, 5.74) is 0.740. The van der Waals surface area contributed by atoms with Crippen molar-refractivity contribution in [2.24, 2.45) is 5.92 Å². The van der Waals surface area contributed by atoms with Crippen LogP contribution in [0.3, 0.4) is 0 Å². The fraction of sp³-hybridized carbons (Fsp3) is 0.433. The van der Waals surface area contributed by atoms with Crippen LogP contribution in [0.2, 0.25) is 0 Å². The third kappa shape index (κ3) is 6.85. The Kier molecular flexibility index (Phi) is 8.33. The van der Waals surface area contributed by atoms with Gasteiger partial charge < -0.3 is 10.2 Å². The maximum absolute atomic E-state index is 14.6. The van der Waals surface area contributed by atoms with Crippen molar-refractivity contribution in [1.29, 1.82) is 0 Å². The number of rotatable bonds is 8. The van der Waals surface area contributed by atoms with E-state index in [9.17, 15) is 17.6 Å². The molecule has 1 aromatic carbocycles. The first-order valence-corrected chi connectivity index (χ1v) is 14.9. The normalized spacial score (nSPS) is 18.3. The first-order valence-electron chi connectivity index (χ1n) is 13.4. The molecule has 8 nitrogen and oxygen atoms in total. The zero-order valence-corrected chi connectivity index (χ0v) is 24.7. The third-order valence-electron chi connectivity index (χ3n) is 7.53. The average Bonchev–Trinajstić information content (AvgIpc) is 3.14. The first-order chi connectivity index (χ1) is 18.7. The summed E-state index contributed by atoms with van der Waals surface area (Å²) in [7, 11) is -2.25. The molecular weight excluding hydrogens is 529 g/mol. The van der Waals surface area contributed by atoms with Gasteiger partial charge in [0, 0.05) is 23.2 Å². The van der Waals surface area contributed by atoms with Gasteiger partial charge in [0.05, 0.1) is 11.6 Å². The van der Waals surface area contributed by atoms with Crippen molar-refractivity contribution in [2.75, 3.05) is 18.9 Å². The van der Waals surface area contributed by atoms with E-state index in [1.54, 1.807) is 12.1 Å². The standard InChI is InChI=1S/C30H38FN5O3S/c1-29(2,3)24-16-15-22(27(31)33-24)28(37)35-40(38,39)26-14-10-13-25(34-26)32-23(21-11-8-7-9-12-21)17-20-18-30(4,5)36(6)19-20/h7-16,20,23H,17-19H2,1-6H3,(H,32,34)(H,35,37)/t20-,23?/m0/s1. The molecule has 10 heteroatoms. The van der Waals surface area contributed by atoms with Crippen molar-refractivity contribution in [3.63, 3.8) is 0 Å². The predicted octanol–water partition coefficient (Wildman–Crippen LogP) is 5.31. The smallest absolute Gasteiger partial charge is 0.281 e. The van der Waals surface area contributed by atoms with Gasteiger partial charge in [0.15, 0.2) is 5.03 Å². The van der Waals surface area contributed by atoms with Gasteiger partial charge in [-0.3, -0.25) is 4.79 Å². The molecule has 0 saturated carbocycles. The highest BCUT2D eigenvalue weighted by Gasteiger charge is 2.37. The third-order valence-corrected chi connectivity index (χ3v) is 8.77. The average molecular weight is 568 g/mol.